The lowest BCUT2D eigenvalue weighted by atomic mass is 9.80. The molecule has 2 atom stereocenters. The Morgan fingerprint density at radius 1 is 0.750 bits per heavy atom. The third kappa shape index (κ3) is 10.1. The van der Waals surface area contributed by atoms with E-state index in [0.29, 0.717) is 0 Å². The maximum atomic E-state index is 12.6. The van der Waals surface area contributed by atoms with Crippen molar-refractivity contribution in [2.75, 3.05) is 13.1 Å². The zero-order chi connectivity index (χ0) is 25.8. The average molecular weight is 510 g/mol. The minimum absolute atomic E-state index is 0.0155. The Hall–Kier alpha value is -1.56. The van der Waals surface area contributed by atoms with Gasteiger partial charge < -0.3 is 10.4 Å². The van der Waals surface area contributed by atoms with Gasteiger partial charge in [0.2, 0.25) is 0 Å². The number of aliphatic carboxylic acids is 1. The Kier molecular flexibility index (Phi) is 12.1. The van der Waals surface area contributed by atoms with Gasteiger partial charge in [0.05, 0.1) is 5.56 Å². The molecule has 1 aromatic rings. The lowest BCUT2D eigenvalue weighted by Crippen LogP contribution is -2.30. The van der Waals surface area contributed by atoms with Crippen LogP contribution in [0.3, 0.4) is 0 Å². The van der Waals surface area contributed by atoms with Crippen LogP contribution >= 0.6 is 0 Å². The van der Waals surface area contributed by atoms with Gasteiger partial charge in [0.1, 0.15) is 0 Å². The Morgan fingerprint density at radius 3 is 1.69 bits per heavy atom. The van der Waals surface area contributed by atoms with Crippen molar-refractivity contribution >= 4 is 5.97 Å². The molecule has 0 spiro atoms. The molecule has 0 heterocycles. The highest BCUT2D eigenvalue weighted by atomic mass is 19.4. The molecule has 0 amide bonds. The predicted octanol–water partition coefficient (Wildman–Crippen LogP) is 8.58. The fourth-order valence-electron chi connectivity index (χ4n) is 6.49. The minimum Gasteiger partial charge on any atom is -0.481 e. The number of rotatable bonds is 7. The zero-order valence-electron chi connectivity index (χ0n) is 21.8. The van der Waals surface area contributed by atoms with Gasteiger partial charge in [-0.3, -0.25) is 4.79 Å². The molecule has 3 nitrogen and oxygen atoms in total. The molecule has 0 saturated heterocycles. The van der Waals surface area contributed by atoms with Gasteiger partial charge in [-0.2, -0.15) is 13.2 Å². The topological polar surface area (TPSA) is 49.3 Å². The molecule has 1 aromatic carbocycles. The molecule has 3 aliphatic rings. The fraction of sp³-hybridized carbons (Fsp3) is 0.767. The van der Waals surface area contributed by atoms with Crippen molar-refractivity contribution in [2.45, 2.75) is 115 Å². The standard InChI is InChI=1S/C16H19F3O2.C14H27N/c17-16(18,19)13-8-6-11(7-9-13)14-5-3-1-2-4-12(14)10-15(20)21;1-3-7-13(8-4-1)11-15-12-14-9-5-2-6-10-14/h6-9,12,14H,1-5,10H2,(H,20,21);13-15H,1-12H2/t12-,14?;/m1./s1. The summed E-state index contributed by atoms with van der Waals surface area (Å²) in [7, 11) is 0. The first-order valence-electron chi connectivity index (χ1n) is 14.4. The molecule has 3 aliphatic carbocycles. The summed E-state index contributed by atoms with van der Waals surface area (Å²) in [6.45, 7) is 2.60. The summed E-state index contributed by atoms with van der Waals surface area (Å²) in [5.74, 6) is 1.23. The van der Waals surface area contributed by atoms with Gasteiger partial charge >= 0.3 is 12.1 Å². The van der Waals surface area contributed by atoms with E-state index in [4.69, 9.17) is 5.11 Å². The molecular weight excluding hydrogens is 463 g/mol. The van der Waals surface area contributed by atoms with Gasteiger partial charge in [-0.15, -0.1) is 0 Å². The SMILES string of the molecule is C1CCC(CNCC2CCCCC2)CC1.O=C(O)C[C@H]1CCCCCC1c1ccc(C(F)(F)F)cc1. The smallest absolute Gasteiger partial charge is 0.416 e. The molecule has 36 heavy (non-hydrogen) atoms. The average Bonchev–Trinajstić information content (AvgIpc) is 3.10. The van der Waals surface area contributed by atoms with E-state index in [1.54, 1.807) is 0 Å². The van der Waals surface area contributed by atoms with Crippen LogP contribution in [-0.2, 0) is 11.0 Å². The summed E-state index contributed by atoms with van der Waals surface area (Å²) in [4.78, 5) is 11.0. The van der Waals surface area contributed by atoms with E-state index in [9.17, 15) is 18.0 Å². The summed E-state index contributed by atoms with van der Waals surface area (Å²) >= 11 is 0. The van der Waals surface area contributed by atoms with E-state index < -0.39 is 17.7 Å². The van der Waals surface area contributed by atoms with E-state index in [2.05, 4.69) is 5.32 Å². The largest absolute Gasteiger partial charge is 0.481 e. The number of nitrogens with one attached hydrogen (secondary N) is 1. The van der Waals surface area contributed by atoms with E-state index in [1.165, 1.54) is 89.4 Å². The van der Waals surface area contributed by atoms with Crippen LogP contribution in [0.4, 0.5) is 13.2 Å². The van der Waals surface area contributed by atoms with Crippen LogP contribution in [-0.4, -0.2) is 24.2 Å². The molecule has 0 radical (unpaired) electrons. The molecule has 3 saturated carbocycles. The molecule has 3 fully saturated rings. The fourth-order valence-corrected chi connectivity index (χ4v) is 6.49. The monoisotopic (exact) mass is 509 g/mol. The molecule has 6 heteroatoms. The van der Waals surface area contributed by atoms with Crippen LogP contribution in [0.2, 0.25) is 0 Å². The third-order valence-corrected chi connectivity index (χ3v) is 8.58. The van der Waals surface area contributed by atoms with E-state index >= 15 is 0 Å². The number of carboxylic acid groups (broad SMARTS) is 1. The molecule has 0 bridgehead atoms. The normalized spacial score (nSPS) is 24.4. The number of benzene rings is 1. The Labute approximate surface area is 215 Å². The van der Waals surface area contributed by atoms with E-state index in [1.807, 2.05) is 0 Å². The first-order chi connectivity index (χ1) is 17.3. The Morgan fingerprint density at radius 2 is 1.22 bits per heavy atom. The van der Waals surface area contributed by atoms with E-state index in [0.717, 1.165) is 61.6 Å². The zero-order valence-corrected chi connectivity index (χ0v) is 21.8. The molecule has 1 unspecified atom stereocenters. The summed E-state index contributed by atoms with van der Waals surface area (Å²) in [5.41, 5.74) is 0.172. The first kappa shape index (κ1) is 29.0. The number of alkyl halides is 3. The summed E-state index contributed by atoms with van der Waals surface area (Å²) in [6, 6.07) is 5.21. The maximum Gasteiger partial charge on any atom is 0.416 e. The minimum atomic E-state index is -4.33. The number of hydrogen-bond donors (Lipinski definition) is 2. The van der Waals surface area contributed by atoms with E-state index in [-0.39, 0.29) is 18.3 Å². The number of carboxylic acids is 1. The lowest BCUT2D eigenvalue weighted by Gasteiger charge is -2.25. The van der Waals surface area contributed by atoms with Crippen molar-refractivity contribution in [1.82, 2.24) is 5.32 Å². The Balaban J connectivity index is 0.000000212. The van der Waals surface area contributed by atoms with Crippen molar-refractivity contribution < 1.29 is 23.1 Å². The quantitative estimate of drug-likeness (QED) is 0.362. The third-order valence-electron chi connectivity index (χ3n) is 8.58. The second-order valence-electron chi connectivity index (χ2n) is 11.4. The highest BCUT2D eigenvalue weighted by Gasteiger charge is 2.31. The summed E-state index contributed by atoms with van der Waals surface area (Å²) in [5, 5.41) is 12.7. The summed E-state index contributed by atoms with van der Waals surface area (Å²) in [6.07, 6.45) is 15.3. The van der Waals surface area contributed by atoms with Gasteiger partial charge in [-0.1, -0.05) is 69.9 Å². The predicted molar refractivity (Wildman–Crippen MR) is 139 cm³/mol. The second-order valence-corrected chi connectivity index (χ2v) is 11.4. The van der Waals surface area contributed by atoms with Crippen LogP contribution in [0.1, 0.15) is 120 Å². The van der Waals surface area contributed by atoms with Crippen molar-refractivity contribution in [3.8, 4) is 0 Å². The van der Waals surface area contributed by atoms with Gasteiger partial charge in [0.25, 0.3) is 0 Å². The van der Waals surface area contributed by atoms with Crippen LogP contribution in [0, 0.1) is 17.8 Å². The van der Waals surface area contributed by atoms with Crippen LogP contribution < -0.4 is 5.32 Å². The lowest BCUT2D eigenvalue weighted by molar-refractivity contribution is -0.138. The number of carbonyl (C=O) groups is 1. The molecule has 4 rings (SSSR count). The first-order valence-corrected chi connectivity index (χ1v) is 14.4. The Bertz CT molecular complexity index is 734. The molecule has 0 aliphatic heterocycles. The van der Waals surface area contributed by atoms with Crippen LogP contribution in [0.25, 0.3) is 0 Å². The second kappa shape index (κ2) is 15.0. The highest BCUT2D eigenvalue weighted by Crippen LogP contribution is 2.39. The summed E-state index contributed by atoms with van der Waals surface area (Å²) < 4.78 is 37.8. The van der Waals surface area contributed by atoms with Crippen LogP contribution in [0.15, 0.2) is 24.3 Å². The van der Waals surface area contributed by atoms with Crippen molar-refractivity contribution in [3.63, 3.8) is 0 Å². The van der Waals surface area contributed by atoms with Crippen molar-refractivity contribution in [3.05, 3.63) is 35.4 Å². The maximum absolute atomic E-state index is 12.6. The van der Waals surface area contributed by atoms with Gasteiger partial charge in [-0.05, 0) is 93.0 Å². The highest BCUT2D eigenvalue weighted by molar-refractivity contribution is 5.67. The molecule has 2 N–H and O–H groups in total. The van der Waals surface area contributed by atoms with Gasteiger partial charge in [0, 0.05) is 6.42 Å². The van der Waals surface area contributed by atoms with Gasteiger partial charge in [-0.25, -0.2) is 0 Å². The van der Waals surface area contributed by atoms with Crippen molar-refractivity contribution in [1.29, 1.82) is 0 Å². The number of hydrogen-bond acceptors (Lipinski definition) is 2. The molecular formula is C30H46F3NO2. The molecule has 0 aromatic heterocycles. The van der Waals surface area contributed by atoms with Crippen molar-refractivity contribution in [2.24, 2.45) is 17.8 Å². The van der Waals surface area contributed by atoms with Gasteiger partial charge in [0.15, 0.2) is 0 Å². The molecule has 204 valence electrons. The van der Waals surface area contributed by atoms with Crippen LogP contribution in [0.5, 0.6) is 0 Å². The number of halogens is 3.